The van der Waals surface area contributed by atoms with Gasteiger partial charge in [-0.1, -0.05) is 0 Å². The molecule has 8 heteroatoms. The molecule has 0 aliphatic carbocycles. The summed E-state index contributed by atoms with van der Waals surface area (Å²) in [7, 11) is 1.58. The first-order chi connectivity index (χ1) is 9.99. The molecule has 1 amide bonds. The SMILES string of the molecule is Cc1nn(C)c(C(=O)N2CCN3CCC[C@@H]3C2)c1[N+](=O)[O-]. The summed E-state index contributed by atoms with van der Waals surface area (Å²) in [6, 6.07) is 0.399. The van der Waals surface area contributed by atoms with Gasteiger partial charge in [0, 0.05) is 32.7 Å². The molecule has 0 spiro atoms. The number of carbonyl (C=O) groups is 1. The monoisotopic (exact) mass is 293 g/mol. The second-order valence-corrected chi connectivity index (χ2v) is 5.75. The van der Waals surface area contributed by atoms with Gasteiger partial charge in [-0.05, 0) is 26.3 Å². The van der Waals surface area contributed by atoms with Crippen LogP contribution in [-0.4, -0.2) is 62.6 Å². The van der Waals surface area contributed by atoms with Crippen LogP contribution in [0, 0.1) is 17.0 Å². The average Bonchev–Trinajstić information content (AvgIpc) is 3.00. The third-order valence-corrected chi connectivity index (χ3v) is 4.45. The van der Waals surface area contributed by atoms with Gasteiger partial charge in [-0.3, -0.25) is 24.5 Å². The van der Waals surface area contributed by atoms with Crippen LogP contribution in [0.4, 0.5) is 5.69 Å². The highest BCUT2D eigenvalue weighted by Crippen LogP contribution is 2.26. The van der Waals surface area contributed by atoms with E-state index < -0.39 is 4.92 Å². The van der Waals surface area contributed by atoms with E-state index in [1.807, 2.05) is 0 Å². The van der Waals surface area contributed by atoms with Crippen LogP contribution < -0.4 is 0 Å². The number of carbonyl (C=O) groups excluding carboxylic acids is 1. The molecule has 0 N–H and O–H groups in total. The van der Waals surface area contributed by atoms with Crippen molar-refractivity contribution in [2.75, 3.05) is 26.2 Å². The Labute approximate surface area is 122 Å². The van der Waals surface area contributed by atoms with Crippen LogP contribution in [0.25, 0.3) is 0 Å². The van der Waals surface area contributed by atoms with Crippen molar-refractivity contribution in [2.24, 2.45) is 7.05 Å². The predicted octanol–water partition coefficient (Wildman–Crippen LogP) is 0.557. The Morgan fingerprint density at radius 2 is 2.14 bits per heavy atom. The summed E-state index contributed by atoms with van der Waals surface area (Å²) in [5, 5.41) is 15.2. The summed E-state index contributed by atoms with van der Waals surface area (Å²) >= 11 is 0. The minimum absolute atomic E-state index is 0.0870. The van der Waals surface area contributed by atoms with Gasteiger partial charge in [-0.25, -0.2) is 0 Å². The van der Waals surface area contributed by atoms with E-state index in [2.05, 4.69) is 10.00 Å². The van der Waals surface area contributed by atoms with Crippen LogP contribution >= 0.6 is 0 Å². The van der Waals surface area contributed by atoms with E-state index in [0.717, 1.165) is 25.9 Å². The van der Waals surface area contributed by atoms with Crippen molar-refractivity contribution < 1.29 is 9.72 Å². The normalized spacial score (nSPS) is 22.4. The van der Waals surface area contributed by atoms with Crippen LogP contribution in [0.1, 0.15) is 29.0 Å². The van der Waals surface area contributed by atoms with Crippen LogP contribution in [0.2, 0.25) is 0 Å². The number of aromatic nitrogens is 2. The van der Waals surface area contributed by atoms with Gasteiger partial charge in [0.05, 0.1) is 4.92 Å². The molecule has 2 fully saturated rings. The van der Waals surface area contributed by atoms with E-state index >= 15 is 0 Å². The molecule has 8 nitrogen and oxygen atoms in total. The molecule has 2 aliphatic rings. The number of fused-ring (bicyclic) bond motifs is 1. The second kappa shape index (κ2) is 5.10. The molecule has 0 bridgehead atoms. The molecule has 1 aromatic rings. The average molecular weight is 293 g/mol. The van der Waals surface area contributed by atoms with Crippen LogP contribution in [0.5, 0.6) is 0 Å². The molecule has 0 aromatic carbocycles. The fourth-order valence-electron chi connectivity index (χ4n) is 3.43. The van der Waals surface area contributed by atoms with E-state index in [0.29, 0.717) is 19.1 Å². The Morgan fingerprint density at radius 3 is 2.86 bits per heavy atom. The zero-order chi connectivity index (χ0) is 15.1. The van der Waals surface area contributed by atoms with Crippen LogP contribution in [-0.2, 0) is 7.05 Å². The topological polar surface area (TPSA) is 84.5 Å². The van der Waals surface area contributed by atoms with Crippen molar-refractivity contribution >= 4 is 11.6 Å². The number of hydrogen-bond donors (Lipinski definition) is 0. The van der Waals surface area contributed by atoms with Gasteiger partial charge >= 0.3 is 5.69 Å². The van der Waals surface area contributed by atoms with Crippen molar-refractivity contribution in [2.45, 2.75) is 25.8 Å². The Balaban J connectivity index is 1.87. The Kier molecular flexibility index (Phi) is 3.40. The lowest BCUT2D eigenvalue weighted by Crippen LogP contribution is -2.52. The molecule has 2 aliphatic heterocycles. The summed E-state index contributed by atoms with van der Waals surface area (Å²) in [6.45, 7) is 4.78. The third kappa shape index (κ3) is 2.29. The molecular weight excluding hydrogens is 274 g/mol. The fourth-order valence-corrected chi connectivity index (χ4v) is 3.43. The van der Waals surface area contributed by atoms with Crippen LogP contribution in [0.3, 0.4) is 0 Å². The molecule has 1 aromatic heterocycles. The van der Waals surface area contributed by atoms with E-state index in [1.165, 1.54) is 4.68 Å². The smallest absolute Gasteiger partial charge is 0.322 e. The quantitative estimate of drug-likeness (QED) is 0.587. The van der Waals surface area contributed by atoms with E-state index in [9.17, 15) is 14.9 Å². The number of aryl methyl sites for hydroxylation is 2. The first-order valence-corrected chi connectivity index (χ1v) is 7.20. The second-order valence-electron chi connectivity index (χ2n) is 5.75. The number of amides is 1. The number of hydrogen-bond acceptors (Lipinski definition) is 5. The van der Waals surface area contributed by atoms with E-state index in [-0.39, 0.29) is 23.0 Å². The highest BCUT2D eigenvalue weighted by atomic mass is 16.6. The molecule has 21 heavy (non-hydrogen) atoms. The molecule has 0 saturated carbocycles. The molecule has 0 unspecified atom stereocenters. The van der Waals surface area contributed by atoms with Gasteiger partial charge in [0.1, 0.15) is 5.69 Å². The van der Waals surface area contributed by atoms with Crippen molar-refractivity contribution in [3.63, 3.8) is 0 Å². The van der Waals surface area contributed by atoms with Crippen molar-refractivity contribution in [3.8, 4) is 0 Å². The summed E-state index contributed by atoms with van der Waals surface area (Å²) in [5.41, 5.74) is 0.200. The fraction of sp³-hybridized carbons (Fsp3) is 0.692. The largest absolute Gasteiger partial charge is 0.334 e. The molecule has 3 rings (SSSR count). The first kappa shape index (κ1) is 14.0. The highest BCUT2D eigenvalue weighted by molar-refractivity contribution is 5.97. The first-order valence-electron chi connectivity index (χ1n) is 7.20. The number of piperazine rings is 1. The lowest BCUT2D eigenvalue weighted by Gasteiger charge is -2.37. The molecular formula is C13H19N5O3. The zero-order valence-corrected chi connectivity index (χ0v) is 12.3. The molecule has 2 saturated heterocycles. The summed E-state index contributed by atoms with van der Waals surface area (Å²) < 4.78 is 1.33. The molecule has 3 heterocycles. The van der Waals surface area contributed by atoms with E-state index in [1.54, 1.807) is 18.9 Å². The minimum atomic E-state index is -0.513. The molecule has 114 valence electrons. The van der Waals surface area contributed by atoms with Gasteiger partial charge in [-0.2, -0.15) is 5.10 Å². The van der Waals surface area contributed by atoms with Crippen molar-refractivity contribution in [1.82, 2.24) is 19.6 Å². The Bertz CT molecular complexity index is 597. The zero-order valence-electron chi connectivity index (χ0n) is 12.3. The summed E-state index contributed by atoms with van der Waals surface area (Å²) in [4.78, 5) is 27.5. The van der Waals surface area contributed by atoms with E-state index in [4.69, 9.17) is 0 Å². The molecule has 1 atom stereocenters. The third-order valence-electron chi connectivity index (χ3n) is 4.45. The number of nitro groups is 1. The predicted molar refractivity (Wildman–Crippen MR) is 75.1 cm³/mol. The van der Waals surface area contributed by atoms with Gasteiger partial charge in [0.2, 0.25) is 5.69 Å². The van der Waals surface area contributed by atoms with Crippen LogP contribution in [0.15, 0.2) is 0 Å². The summed E-state index contributed by atoms with van der Waals surface area (Å²) in [5.74, 6) is -0.281. The highest BCUT2D eigenvalue weighted by Gasteiger charge is 2.37. The van der Waals surface area contributed by atoms with Gasteiger partial charge < -0.3 is 4.90 Å². The number of nitrogens with zero attached hydrogens (tertiary/aromatic N) is 5. The maximum atomic E-state index is 12.7. The standard InChI is InChI=1S/C13H19N5O3/c1-9-11(18(20)21)12(15(2)14-9)13(19)17-7-6-16-5-3-4-10(16)8-17/h10H,3-8H2,1-2H3/t10-/m1/s1. The number of rotatable bonds is 2. The summed E-state index contributed by atoms with van der Waals surface area (Å²) in [6.07, 6.45) is 2.26. The Morgan fingerprint density at radius 1 is 1.38 bits per heavy atom. The van der Waals surface area contributed by atoms with Gasteiger partial charge in [-0.15, -0.1) is 0 Å². The maximum absolute atomic E-state index is 12.7. The lowest BCUT2D eigenvalue weighted by atomic mass is 10.1. The molecule has 0 radical (unpaired) electrons. The van der Waals surface area contributed by atoms with Crippen molar-refractivity contribution in [3.05, 3.63) is 21.5 Å². The van der Waals surface area contributed by atoms with Gasteiger partial charge in [0.25, 0.3) is 5.91 Å². The van der Waals surface area contributed by atoms with Crippen molar-refractivity contribution in [1.29, 1.82) is 0 Å². The minimum Gasteiger partial charge on any atom is -0.334 e. The lowest BCUT2D eigenvalue weighted by molar-refractivity contribution is -0.385. The van der Waals surface area contributed by atoms with Gasteiger partial charge in [0.15, 0.2) is 0 Å². The maximum Gasteiger partial charge on any atom is 0.322 e. The Hall–Kier alpha value is -1.96.